The van der Waals surface area contributed by atoms with Crippen molar-refractivity contribution in [2.45, 2.75) is 19.4 Å². The first-order valence-electron chi connectivity index (χ1n) is 6.08. The van der Waals surface area contributed by atoms with Crippen molar-refractivity contribution in [3.05, 3.63) is 48.5 Å². The zero-order valence-corrected chi connectivity index (χ0v) is 10.5. The van der Waals surface area contributed by atoms with Gasteiger partial charge in [0.05, 0.1) is 18.4 Å². The van der Waals surface area contributed by atoms with E-state index in [9.17, 15) is 9.59 Å². The lowest BCUT2D eigenvalue weighted by atomic mass is 10.2. The number of nitrogens with zero attached hydrogens (tertiary/aromatic N) is 3. The minimum atomic E-state index is -0.477. The Balaban J connectivity index is 1.99. The standard InChI is InChI=1S/C14H13N3O2/c1-10-4-2-3-5-11(10)17-13(18)8-12(14(17)19)16-7-6-15-9-16/h2-7,9,12H,8H2,1H3. The van der Waals surface area contributed by atoms with Gasteiger partial charge in [-0.1, -0.05) is 18.2 Å². The maximum atomic E-state index is 12.4. The smallest absolute Gasteiger partial charge is 0.257 e. The Morgan fingerprint density at radius 3 is 2.74 bits per heavy atom. The number of aryl methyl sites for hydroxylation is 1. The number of para-hydroxylation sites is 1. The van der Waals surface area contributed by atoms with E-state index in [2.05, 4.69) is 4.98 Å². The number of carbonyl (C=O) groups is 2. The molecule has 5 heteroatoms. The SMILES string of the molecule is Cc1ccccc1N1C(=O)CC(n2ccnc2)C1=O. The normalized spacial score (nSPS) is 19.2. The van der Waals surface area contributed by atoms with Crippen LogP contribution >= 0.6 is 0 Å². The molecule has 0 N–H and O–H groups in total. The van der Waals surface area contributed by atoms with Gasteiger partial charge in [0.15, 0.2) is 0 Å². The summed E-state index contributed by atoms with van der Waals surface area (Å²) < 4.78 is 1.68. The van der Waals surface area contributed by atoms with Crippen molar-refractivity contribution >= 4 is 17.5 Å². The van der Waals surface area contributed by atoms with Gasteiger partial charge in [-0.05, 0) is 18.6 Å². The van der Waals surface area contributed by atoms with Crippen LogP contribution in [0, 0.1) is 6.92 Å². The van der Waals surface area contributed by atoms with E-state index in [1.807, 2.05) is 25.1 Å². The molecule has 0 bridgehead atoms. The number of imide groups is 1. The number of aromatic nitrogens is 2. The quantitative estimate of drug-likeness (QED) is 0.767. The third-order valence-electron chi connectivity index (χ3n) is 3.36. The first-order chi connectivity index (χ1) is 9.18. The maximum Gasteiger partial charge on any atom is 0.257 e. The highest BCUT2D eigenvalue weighted by Gasteiger charge is 2.40. The first-order valence-corrected chi connectivity index (χ1v) is 6.08. The first kappa shape index (κ1) is 11.6. The molecule has 1 aliphatic rings. The number of benzene rings is 1. The van der Waals surface area contributed by atoms with Crippen molar-refractivity contribution in [2.24, 2.45) is 0 Å². The fraction of sp³-hybridized carbons (Fsp3) is 0.214. The predicted molar refractivity (Wildman–Crippen MR) is 69.6 cm³/mol. The lowest BCUT2D eigenvalue weighted by Gasteiger charge is -2.17. The van der Waals surface area contributed by atoms with Crippen molar-refractivity contribution in [3.63, 3.8) is 0 Å². The van der Waals surface area contributed by atoms with E-state index in [0.717, 1.165) is 5.56 Å². The summed E-state index contributed by atoms with van der Waals surface area (Å²) >= 11 is 0. The zero-order chi connectivity index (χ0) is 13.4. The van der Waals surface area contributed by atoms with Gasteiger partial charge in [0.25, 0.3) is 5.91 Å². The summed E-state index contributed by atoms with van der Waals surface area (Å²) in [5.41, 5.74) is 1.58. The molecule has 1 aliphatic heterocycles. The second-order valence-corrected chi connectivity index (χ2v) is 4.58. The number of hydrogen-bond donors (Lipinski definition) is 0. The molecule has 0 aliphatic carbocycles. The summed E-state index contributed by atoms with van der Waals surface area (Å²) in [6, 6.07) is 6.92. The van der Waals surface area contributed by atoms with Gasteiger partial charge < -0.3 is 4.57 Å². The fourth-order valence-electron chi connectivity index (χ4n) is 2.37. The van der Waals surface area contributed by atoms with Crippen molar-refractivity contribution < 1.29 is 9.59 Å². The molecule has 1 saturated heterocycles. The summed E-state index contributed by atoms with van der Waals surface area (Å²) in [5, 5.41) is 0. The average Bonchev–Trinajstić information content (AvgIpc) is 3.00. The molecule has 5 nitrogen and oxygen atoms in total. The Hall–Kier alpha value is -2.43. The summed E-state index contributed by atoms with van der Waals surface area (Å²) in [5.74, 6) is -0.365. The molecule has 2 aromatic rings. The Labute approximate surface area is 110 Å². The van der Waals surface area contributed by atoms with Crippen molar-refractivity contribution in [1.29, 1.82) is 0 Å². The van der Waals surface area contributed by atoms with Gasteiger partial charge in [-0.25, -0.2) is 9.88 Å². The van der Waals surface area contributed by atoms with E-state index in [0.29, 0.717) is 5.69 Å². The molecule has 0 radical (unpaired) electrons. The zero-order valence-electron chi connectivity index (χ0n) is 10.5. The Morgan fingerprint density at radius 1 is 1.26 bits per heavy atom. The molecule has 1 aromatic heterocycles. The number of amides is 2. The Morgan fingerprint density at radius 2 is 2.05 bits per heavy atom. The Kier molecular flexibility index (Phi) is 2.67. The van der Waals surface area contributed by atoms with Gasteiger partial charge in [-0.15, -0.1) is 0 Å². The molecule has 0 saturated carbocycles. The number of hydrogen-bond acceptors (Lipinski definition) is 3. The van der Waals surface area contributed by atoms with Crippen LogP contribution in [0.25, 0.3) is 0 Å². The third kappa shape index (κ3) is 1.83. The van der Waals surface area contributed by atoms with Crippen LogP contribution in [0.1, 0.15) is 18.0 Å². The van der Waals surface area contributed by atoms with E-state index >= 15 is 0 Å². The van der Waals surface area contributed by atoms with Crippen molar-refractivity contribution in [3.8, 4) is 0 Å². The molecule has 2 heterocycles. The monoisotopic (exact) mass is 255 g/mol. The van der Waals surface area contributed by atoms with Crippen LogP contribution < -0.4 is 4.90 Å². The van der Waals surface area contributed by atoms with Gasteiger partial charge >= 0.3 is 0 Å². The fourth-order valence-corrected chi connectivity index (χ4v) is 2.37. The molecule has 0 spiro atoms. The summed E-state index contributed by atoms with van der Waals surface area (Å²) in [4.78, 5) is 29.7. The molecular formula is C14H13N3O2. The lowest BCUT2D eigenvalue weighted by Crippen LogP contribution is -2.31. The van der Waals surface area contributed by atoms with Gasteiger partial charge in [0.2, 0.25) is 5.91 Å². The third-order valence-corrected chi connectivity index (χ3v) is 3.36. The second kappa shape index (κ2) is 4.35. The molecule has 1 fully saturated rings. The van der Waals surface area contributed by atoms with Crippen molar-refractivity contribution in [2.75, 3.05) is 4.90 Å². The molecule has 1 atom stereocenters. The molecule has 19 heavy (non-hydrogen) atoms. The predicted octanol–water partition coefficient (Wildman–Crippen LogP) is 1.70. The van der Waals surface area contributed by atoms with Gasteiger partial charge in [-0.2, -0.15) is 0 Å². The largest absolute Gasteiger partial charge is 0.324 e. The van der Waals surface area contributed by atoms with Crippen LogP contribution in [0.15, 0.2) is 43.0 Å². The van der Waals surface area contributed by atoms with E-state index in [-0.39, 0.29) is 18.2 Å². The summed E-state index contributed by atoms with van der Waals surface area (Å²) in [7, 11) is 0. The minimum Gasteiger partial charge on any atom is -0.324 e. The molecule has 1 aromatic carbocycles. The van der Waals surface area contributed by atoms with Crippen LogP contribution in [0.4, 0.5) is 5.69 Å². The van der Waals surface area contributed by atoms with Crippen molar-refractivity contribution in [1.82, 2.24) is 9.55 Å². The highest BCUT2D eigenvalue weighted by Crippen LogP contribution is 2.31. The van der Waals surface area contributed by atoms with E-state index < -0.39 is 6.04 Å². The highest BCUT2D eigenvalue weighted by atomic mass is 16.2. The van der Waals surface area contributed by atoms with E-state index in [4.69, 9.17) is 0 Å². The lowest BCUT2D eigenvalue weighted by molar-refractivity contribution is -0.122. The molecule has 1 unspecified atom stereocenters. The van der Waals surface area contributed by atoms with Gasteiger partial charge in [0, 0.05) is 12.4 Å². The van der Waals surface area contributed by atoms with Gasteiger partial charge in [-0.3, -0.25) is 9.59 Å². The van der Waals surface area contributed by atoms with Crippen LogP contribution in [0.5, 0.6) is 0 Å². The number of carbonyl (C=O) groups excluding carboxylic acids is 2. The molecule has 96 valence electrons. The molecule has 2 amide bonds. The second-order valence-electron chi connectivity index (χ2n) is 4.58. The number of imidazole rings is 1. The van der Waals surface area contributed by atoms with Crippen LogP contribution in [0.3, 0.4) is 0 Å². The number of rotatable bonds is 2. The highest BCUT2D eigenvalue weighted by molar-refractivity contribution is 6.22. The number of anilines is 1. The topological polar surface area (TPSA) is 55.2 Å². The molecule has 3 rings (SSSR count). The van der Waals surface area contributed by atoms with Gasteiger partial charge in [0.1, 0.15) is 6.04 Å². The van der Waals surface area contributed by atoms with E-state index in [1.165, 1.54) is 4.90 Å². The van der Waals surface area contributed by atoms with Crippen LogP contribution in [-0.4, -0.2) is 21.4 Å². The maximum absolute atomic E-state index is 12.4. The average molecular weight is 255 g/mol. The van der Waals surface area contributed by atoms with Crippen LogP contribution in [0.2, 0.25) is 0 Å². The summed E-state index contributed by atoms with van der Waals surface area (Å²) in [6.07, 6.45) is 5.06. The van der Waals surface area contributed by atoms with E-state index in [1.54, 1.807) is 29.4 Å². The Bertz CT molecular complexity index is 634. The summed E-state index contributed by atoms with van der Waals surface area (Å²) in [6.45, 7) is 1.89. The van der Waals surface area contributed by atoms with Crippen LogP contribution in [-0.2, 0) is 9.59 Å². The molecular weight excluding hydrogens is 242 g/mol. The minimum absolute atomic E-state index is 0.169.